The van der Waals surface area contributed by atoms with Crippen LogP contribution < -0.4 is 10.2 Å². The zero-order valence-corrected chi connectivity index (χ0v) is 17.9. The summed E-state index contributed by atoms with van der Waals surface area (Å²) in [6.07, 6.45) is 3.80. The SMILES string of the molecule is CS(=O)(=O)c1cnc(N2CCC(CC(=O)O)CC2)c(NC(=O)c2cccc(Cl)c2)c1. The standard InChI is InChI=1S/C20H22ClN3O5S/c1-30(28,29)16-11-17(23-20(27)14-3-2-4-15(21)10-14)19(22-12-16)24-7-5-13(6-8-24)9-18(25)26/h2-4,10-13H,5-9H2,1H3,(H,23,27)(H,25,26). The lowest BCUT2D eigenvalue weighted by Crippen LogP contribution is -2.35. The number of benzene rings is 1. The molecule has 0 aliphatic carbocycles. The molecule has 2 aromatic rings. The van der Waals surface area contributed by atoms with Crippen LogP contribution in [0, 0.1) is 5.92 Å². The minimum atomic E-state index is -3.52. The molecule has 1 saturated heterocycles. The number of hydrogen-bond donors (Lipinski definition) is 2. The summed E-state index contributed by atoms with van der Waals surface area (Å²) in [6, 6.07) is 7.81. The van der Waals surface area contributed by atoms with E-state index in [4.69, 9.17) is 16.7 Å². The van der Waals surface area contributed by atoms with Crippen LogP contribution in [0.2, 0.25) is 5.02 Å². The fourth-order valence-electron chi connectivity index (χ4n) is 3.41. The van der Waals surface area contributed by atoms with Gasteiger partial charge < -0.3 is 15.3 Å². The van der Waals surface area contributed by atoms with Gasteiger partial charge in [0.05, 0.1) is 10.6 Å². The van der Waals surface area contributed by atoms with Crippen molar-refractivity contribution in [2.45, 2.75) is 24.2 Å². The van der Waals surface area contributed by atoms with Gasteiger partial charge in [-0.25, -0.2) is 13.4 Å². The third kappa shape index (κ3) is 5.48. The van der Waals surface area contributed by atoms with Crippen molar-refractivity contribution >= 4 is 44.8 Å². The number of piperidine rings is 1. The second kappa shape index (κ2) is 9.01. The van der Waals surface area contributed by atoms with Gasteiger partial charge in [0.15, 0.2) is 15.7 Å². The average molecular weight is 452 g/mol. The maximum absolute atomic E-state index is 12.7. The smallest absolute Gasteiger partial charge is 0.303 e. The highest BCUT2D eigenvalue weighted by molar-refractivity contribution is 7.90. The number of nitrogens with one attached hydrogen (secondary N) is 1. The van der Waals surface area contributed by atoms with E-state index < -0.39 is 21.7 Å². The number of carbonyl (C=O) groups excluding carboxylic acids is 1. The van der Waals surface area contributed by atoms with Crippen molar-refractivity contribution < 1.29 is 23.1 Å². The first-order valence-electron chi connectivity index (χ1n) is 9.37. The molecule has 0 bridgehead atoms. The molecule has 1 fully saturated rings. The van der Waals surface area contributed by atoms with E-state index in [2.05, 4.69) is 10.3 Å². The largest absolute Gasteiger partial charge is 0.481 e. The van der Waals surface area contributed by atoms with Gasteiger partial charge in [-0.1, -0.05) is 17.7 Å². The summed E-state index contributed by atoms with van der Waals surface area (Å²) < 4.78 is 24.0. The van der Waals surface area contributed by atoms with E-state index in [0.717, 1.165) is 6.26 Å². The van der Waals surface area contributed by atoms with Crippen LogP contribution >= 0.6 is 11.6 Å². The normalized spacial score (nSPS) is 15.1. The Balaban J connectivity index is 1.88. The second-order valence-corrected chi connectivity index (χ2v) is 9.76. The monoisotopic (exact) mass is 451 g/mol. The first-order chi connectivity index (χ1) is 14.1. The zero-order valence-electron chi connectivity index (χ0n) is 16.3. The summed E-state index contributed by atoms with van der Waals surface area (Å²) in [4.78, 5) is 29.9. The Labute approximate surface area is 179 Å². The summed E-state index contributed by atoms with van der Waals surface area (Å²) in [5.74, 6) is -0.726. The number of carboxylic acid groups (broad SMARTS) is 1. The molecule has 8 nitrogen and oxygen atoms in total. The maximum Gasteiger partial charge on any atom is 0.303 e. The lowest BCUT2D eigenvalue weighted by Gasteiger charge is -2.33. The Morgan fingerprint density at radius 2 is 1.97 bits per heavy atom. The van der Waals surface area contributed by atoms with Crippen molar-refractivity contribution in [1.29, 1.82) is 0 Å². The van der Waals surface area contributed by atoms with Gasteiger partial charge in [-0.2, -0.15) is 0 Å². The molecule has 160 valence electrons. The van der Waals surface area contributed by atoms with Crippen molar-refractivity contribution in [3.8, 4) is 0 Å². The number of hydrogen-bond acceptors (Lipinski definition) is 6. The van der Waals surface area contributed by atoms with Gasteiger partial charge in [0.25, 0.3) is 5.91 Å². The molecular formula is C20H22ClN3O5S. The molecule has 0 spiro atoms. The molecule has 0 unspecified atom stereocenters. The lowest BCUT2D eigenvalue weighted by atomic mass is 9.93. The first kappa shape index (κ1) is 22.0. The summed E-state index contributed by atoms with van der Waals surface area (Å²) >= 11 is 5.96. The van der Waals surface area contributed by atoms with E-state index in [1.54, 1.807) is 18.2 Å². The number of rotatable bonds is 6. The van der Waals surface area contributed by atoms with Crippen LogP contribution in [0.15, 0.2) is 41.4 Å². The fourth-order valence-corrected chi connectivity index (χ4v) is 4.17. The topological polar surface area (TPSA) is 117 Å². The Kier molecular flexibility index (Phi) is 6.62. The minimum Gasteiger partial charge on any atom is -0.481 e. The number of halogens is 1. The maximum atomic E-state index is 12.7. The third-order valence-corrected chi connectivity index (χ3v) is 6.30. The number of aliphatic carboxylic acids is 1. The molecule has 1 aliphatic heterocycles. The molecule has 0 saturated carbocycles. The zero-order chi connectivity index (χ0) is 21.9. The van der Waals surface area contributed by atoms with Gasteiger partial charge in [-0.3, -0.25) is 9.59 Å². The number of carboxylic acids is 1. The van der Waals surface area contributed by atoms with Crippen LogP contribution in [0.4, 0.5) is 11.5 Å². The van der Waals surface area contributed by atoms with E-state index in [1.807, 2.05) is 4.90 Å². The van der Waals surface area contributed by atoms with Crippen LogP contribution in [-0.4, -0.2) is 49.7 Å². The molecule has 1 aromatic carbocycles. The predicted octanol–water partition coefficient (Wildman–Crippen LogP) is 3.08. The van der Waals surface area contributed by atoms with Gasteiger partial charge in [0, 0.05) is 42.5 Å². The van der Waals surface area contributed by atoms with Gasteiger partial charge in [0.1, 0.15) is 0 Å². The number of nitrogens with zero attached hydrogens (tertiary/aromatic N) is 2. The molecule has 10 heteroatoms. The number of sulfone groups is 1. The summed E-state index contributed by atoms with van der Waals surface area (Å²) in [5.41, 5.74) is 0.609. The summed E-state index contributed by atoms with van der Waals surface area (Å²) in [6.45, 7) is 1.12. The molecule has 1 amide bonds. The van der Waals surface area contributed by atoms with E-state index in [0.29, 0.717) is 42.3 Å². The lowest BCUT2D eigenvalue weighted by molar-refractivity contribution is -0.138. The Hall–Kier alpha value is -2.65. The number of amides is 1. The summed E-state index contributed by atoms with van der Waals surface area (Å²) in [5, 5.41) is 12.1. The molecule has 1 aromatic heterocycles. The third-order valence-electron chi connectivity index (χ3n) is 4.98. The highest BCUT2D eigenvalue weighted by Crippen LogP contribution is 2.31. The van der Waals surface area contributed by atoms with Crippen molar-refractivity contribution in [1.82, 2.24) is 4.98 Å². The van der Waals surface area contributed by atoms with Gasteiger partial charge in [-0.05, 0) is 43.0 Å². The van der Waals surface area contributed by atoms with Crippen LogP contribution in [0.5, 0.6) is 0 Å². The Bertz CT molecular complexity index is 1070. The number of pyridine rings is 1. The van der Waals surface area contributed by atoms with Gasteiger partial charge >= 0.3 is 5.97 Å². The van der Waals surface area contributed by atoms with Crippen molar-refractivity contribution in [2.24, 2.45) is 5.92 Å². The Morgan fingerprint density at radius 1 is 1.27 bits per heavy atom. The number of anilines is 2. The molecular weight excluding hydrogens is 430 g/mol. The van der Waals surface area contributed by atoms with Crippen LogP contribution in [0.1, 0.15) is 29.6 Å². The second-order valence-electron chi connectivity index (χ2n) is 7.31. The van der Waals surface area contributed by atoms with Crippen molar-refractivity contribution in [2.75, 3.05) is 29.6 Å². The molecule has 30 heavy (non-hydrogen) atoms. The quantitative estimate of drug-likeness (QED) is 0.693. The first-order valence-corrected chi connectivity index (χ1v) is 11.6. The van der Waals surface area contributed by atoms with Crippen molar-refractivity contribution in [3.05, 3.63) is 47.1 Å². The van der Waals surface area contributed by atoms with Crippen molar-refractivity contribution in [3.63, 3.8) is 0 Å². The molecule has 2 heterocycles. The van der Waals surface area contributed by atoms with Crippen LogP contribution in [0.3, 0.4) is 0 Å². The molecule has 3 rings (SSSR count). The predicted molar refractivity (Wildman–Crippen MR) is 114 cm³/mol. The highest BCUT2D eigenvalue weighted by atomic mass is 35.5. The molecule has 0 radical (unpaired) electrons. The van der Waals surface area contributed by atoms with E-state index in [9.17, 15) is 18.0 Å². The number of carbonyl (C=O) groups is 2. The molecule has 0 atom stereocenters. The average Bonchev–Trinajstić information content (AvgIpc) is 2.67. The highest BCUT2D eigenvalue weighted by Gasteiger charge is 2.25. The van der Waals surface area contributed by atoms with E-state index >= 15 is 0 Å². The van der Waals surface area contributed by atoms with Gasteiger partial charge in [-0.15, -0.1) is 0 Å². The molecule has 1 aliphatic rings. The minimum absolute atomic E-state index is 0.00610. The molecule has 2 N–H and O–H groups in total. The van der Waals surface area contributed by atoms with E-state index in [1.165, 1.54) is 18.3 Å². The van der Waals surface area contributed by atoms with Crippen LogP contribution in [0.25, 0.3) is 0 Å². The van der Waals surface area contributed by atoms with Gasteiger partial charge in [0.2, 0.25) is 0 Å². The van der Waals surface area contributed by atoms with Crippen LogP contribution in [-0.2, 0) is 14.6 Å². The van der Waals surface area contributed by atoms with E-state index in [-0.39, 0.29) is 22.9 Å². The Morgan fingerprint density at radius 3 is 2.57 bits per heavy atom. The number of aromatic nitrogens is 1. The fraction of sp³-hybridized carbons (Fsp3) is 0.350. The summed E-state index contributed by atoms with van der Waals surface area (Å²) in [7, 11) is -3.52.